The van der Waals surface area contributed by atoms with Gasteiger partial charge in [-0.25, -0.2) is 0 Å². The Balaban J connectivity index is 2.15. The van der Waals surface area contributed by atoms with E-state index < -0.39 is 11.9 Å². The molecule has 6 nitrogen and oxygen atoms in total. The van der Waals surface area contributed by atoms with E-state index in [0.29, 0.717) is 16.9 Å². The molecule has 2 aromatic rings. The summed E-state index contributed by atoms with van der Waals surface area (Å²) in [5.74, 6) is -1.71. The second-order valence-corrected chi connectivity index (χ2v) is 6.92. The zero-order valence-corrected chi connectivity index (χ0v) is 14.6. The first kappa shape index (κ1) is 17.7. The van der Waals surface area contributed by atoms with E-state index >= 15 is 0 Å². The van der Waals surface area contributed by atoms with E-state index in [1.165, 1.54) is 0 Å². The van der Waals surface area contributed by atoms with Crippen LogP contribution in [-0.2, 0) is 17.3 Å². The van der Waals surface area contributed by atoms with Crippen LogP contribution in [0, 0.1) is 0 Å². The third-order valence-electron chi connectivity index (χ3n) is 3.92. The molecule has 0 saturated carbocycles. The molecule has 1 heterocycles. The number of carboxylic acid groups (broad SMARTS) is 1. The van der Waals surface area contributed by atoms with Crippen molar-refractivity contribution in [1.82, 2.24) is 9.78 Å². The molecule has 2 N–H and O–H groups in total. The minimum absolute atomic E-state index is 0.134. The molecule has 1 unspecified atom stereocenters. The normalized spacial score (nSPS) is 12.7. The number of nitrogens with zero attached hydrogens (tertiary/aromatic N) is 2. The van der Waals surface area contributed by atoms with E-state index in [2.05, 4.69) is 10.4 Å². The molecule has 1 amide bonds. The van der Waals surface area contributed by atoms with Crippen molar-refractivity contribution in [2.75, 3.05) is 5.32 Å². The first-order chi connectivity index (χ1) is 11.1. The van der Waals surface area contributed by atoms with E-state index in [4.69, 9.17) is 5.11 Å². The van der Waals surface area contributed by atoms with Gasteiger partial charge in [-0.05, 0) is 30.7 Å². The maximum atomic E-state index is 12.4. The van der Waals surface area contributed by atoms with Crippen molar-refractivity contribution in [3.05, 3.63) is 47.3 Å². The van der Waals surface area contributed by atoms with Crippen LogP contribution < -0.4 is 5.32 Å². The highest BCUT2D eigenvalue weighted by atomic mass is 16.4. The number of amides is 1. The summed E-state index contributed by atoms with van der Waals surface area (Å²) in [6, 6.07) is 8.61. The van der Waals surface area contributed by atoms with Gasteiger partial charge in [-0.1, -0.05) is 32.9 Å². The maximum Gasteiger partial charge on any atom is 0.310 e. The average molecular weight is 329 g/mol. The zero-order valence-electron chi connectivity index (χ0n) is 14.6. The van der Waals surface area contributed by atoms with Gasteiger partial charge in [0.25, 0.3) is 5.91 Å². The lowest BCUT2D eigenvalue weighted by molar-refractivity contribution is -0.138. The molecule has 0 radical (unpaired) electrons. The highest BCUT2D eigenvalue weighted by Crippen LogP contribution is 2.22. The van der Waals surface area contributed by atoms with Gasteiger partial charge in [-0.2, -0.15) is 5.10 Å². The van der Waals surface area contributed by atoms with Gasteiger partial charge in [0, 0.05) is 18.2 Å². The standard InChI is InChI=1S/C18H23N3O3/c1-11(17(23)24)12-6-8-13(9-7-12)19-16(22)14-10-15(18(2,3)4)20-21(14)5/h6-11H,1-5H3,(H,19,22)(H,23,24). The Hall–Kier alpha value is -2.63. The number of nitrogens with one attached hydrogen (secondary N) is 1. The number of aromatic nitrogens is 2. The fourth-order valence-electron chi connectivity index (χ4n) is 2.24. The van der Waals surface area contributed by atoms with Gasteiger partial charge in [0.05, 0.1) is 11.6 Å². The fraction of sp³-hybridized carbons (Fsp3) is 0.389. The summed E-state index contributed by atoms with van der Waals surface area (Å²) in [4.78, 5) is 23.4. The summed E-state index contributed by atoms with van der Waals surface area (Å²) in [5, 5.41) is 16.2. The Bertz CT molecular complexity index is 755. The van der Waals surface area contributed by atoms with Crippen LogP contribution in [0.5, 0.6) is 0 Å². The summed E-state index contributed by atoms with van der Waals surface area (Å²) in [6.07, 6.45) is 0. The highest BCUT2D eigenvalue weighted by Gasteiger charge is 2.22. The first-order valence-corrected chi connectivity index (χ1v) is 7.78. The van der Waals surface area contributed by atoms with Gasteiger partial charge in [0.1, 0.15) is 5.69 Å². The lowest BCUT2D eigenvalue weighted by Crippen LogP contribution is -2.16. The van der Waals surface area contributed by atoms with Crippen molar-refractivity contribution in [3.63, 3.8) is 0 Å². The highest BCUT2D eigenvalue weighted by molar-refractivity contribution is 6.03. The minimum atomic E-state index is -0.878. The van der Waals surface area contributed by atoms with Gasteiger partial charge in [0.2, 0.25) is 0 Å². The van der Waals surface area contributed by atoms with Crippen molar-refractivity contribution in [2.24, 2.45) is 7.05 Å². The van der Waals surface area contributed by atoms with E-state index in [0.717, 1.165) is 5.69 Å². The predicted molar refractivity (Wildman–Crippen MR) is 92.4 cm³/mol. The molecule has 1 aromatic carbocycles. The van der Waals surface area contributed by atoms with Crippen molar-refractivity contribution >= 4 is 17.6 Å². The van der Waals surface area contributed by atoms with Crippen LogP contribution in [0.2, 0.25) is 0 Å². The number of aryl methyl sites for hydroxylation is 1. The number of carboxylic acids is 1. The van der Waals surface area contributed by atoms with E-state index in [1.807, 2.05) is 20.8 Å². The van der Waals surface area contributed by atoms with E-state index in [9.17, 15) is 9.59 Å². The molecule has 6 heteroatoms. The number of hydrogen-bond acceptors (Lipinski definition) is 3. The molecular weight excluding hydrogens is 306 g/mol. The summed E-state index contributed by atoms with van der Waals surface area (Å²) in [7, 11) is 1.74. The first-order valence-electron chi connectivity index (χ1n) is 7.78. The maximum absolute atomic E-state index is 12.4. The number of carbonyl (C=O) groups excluding carboxylic acids is 1. The largest absolute Gasteiger partial charge is 0.481 e. The number of hydrogen-bond donors (Lipinski definition) is 2. The Labute approximate surface area is 141 Å². The van der Waals surface area contributed by atoms with Crippen LogP contribution in [0.25, 0.3) is 0 Å². The summed E-state index contributed by atoms with van der Waals surface area (Å²) >= 11 is 0. The minimum Gasteiger partial charge on any atom is -0.481 e. The fourth-order valence-corrected chi connectivity index (χ4v) is 2.24. The Morgan fingerprint density at radius 3 is 2.25 bits per heavy atom. The van der Waals surface area contributed by atoms with Crippen LogP contribution >= 0.6 is 0 Å². The quantitative estimate of drug-likeness (QED) is 0.902. The summed E-state index contributed by atoms with van der Waals surface area (Å²) in [6.45, 7) is 7.75. The molecule has 0 spiro atoms. The lowest BCUT2D eigenvalue weighted by Gasteiger charge is -2.13. The van der Waals surface area contributed by atoms with Gasteiger partial charge >= 0.3 is 5.97 Å². The number of anilines is 1. The second-order valence-electron chi connectivity index (χ2n) is 6.92. The SMILES string of the molecule is CC(C(=O)O)c1ccc(NC(=O)c2cc(C(C)(C)C)nn2C)cc1. The molecule has 24 heavy (non-hydrogen) atoms. The number of benzene rings is 1. The van der Waals surface area contributed by atoms with Gasteiger partial charge < -0.3 is 10.4 Å². The molecular formula is C18H23N3O3. The van der Waals surface area contributed by atoms with E-state index in [-0.39, 0.29) is 11.3 Å². The summed E-state index contributed by atoms with van der Waals surface area (Å²) in [5.41, 5.74) is 2.49. The second kappa shape index (κ2) is 6.47. The topological polar surface area (TPSA) is 84.2 Å². The number of carbonyl (C=O) groups is 2. The van der Waals surface area contributed by atoms with Crippen LogP contribution in [-0.4, -0.2) is 26.8 Å². The van der Waals surface area contributed by atoms with Crippen LogP contribution in [0.3, 0.4) is 0 Å². The molecule has 0 aliphatic heterocycles. The monoisotopic (exact) mass is 329 g/mol. The molecule has 2 rings (SSSR count). The molecule has 0 aliphatic rings. The Morgan fingerprint density at radius 2 is 1.79 bits per heavy atom. The van der Waals surface area contributed by atoms with Gasteiger partial charge in [-0.3, -0.25) is 14.3 Å². The predicted octanol–water partition coefficient (Wildman–Crippen LogP) is 3.16. The summed E-state index contributed by atoms with van der Waals surface area (Å²) < 4.78 is 1.57. The molecule has 1 atom stereocenters. The average Bonchev–Trinajstić information content (AvgIpc) is 2.89. The third-order valence-corrected chi connectivity index (χ3v) is 3.92. The van der Waals surface area contributed by atoms with Crippen molar-refractivity contribution in [3.8, 4) is 0 Å². The third kappa shape index (κ3) is 3.82. The molecule has 0 saturated heterocycles. The van der Waals surface area contributed by atoms with Crippen LogP contribution in [0.4, 0.5) is 5.69 Å². The zero-order chi connectivity index (χ0) is 18.1. The van der Waals surface area contributed by atoms with Crippen LogP contribution in [0.1, 0.15) is 55.4 Å². The lowest BCUT2D eigenvalue weighted by atomic mass is 9.92. The van der Waals surface area contributed by atoms with Crippen molar-refractivity contribution in [1.29, 1.82) is 0 Å². The van der Waals surface area contributed by atoms with Crippen molar-refractivity contribution in [2.45, 2.75) is 39.0 Å². The smallest absolute Gasteiger partial charge is 0.310 e. The molecule has 0 aliphatic carbocycles. The molecule has 0 bridgehead atoms. The number of rotatable bonds is 4. The van der Waals surface area contributed by atoms with Gasteiger partial charge in [-0.15, -0.1) is 0 Å². The molecule has 128 valence electrons. The van der Waals surface area contributed by atoms with E-state index in [1.54, 1.807) is 49.0 Å². The Morgan fingerprint density at radius 1 is 1.21 bits per heavy atom. The molecule has 1 aromatic heterocycles. The molecule has 0 fully saturated rings. The Kier molecular flexibility index (Phi) is 4.78. The number of aliphatic carboxylic acids is 1. The van der Waals surface area contributed by atoms with Crippen LogP contribution in [0.15, 0.2) is 30.3 Å². The van der Waals surface area contributed by atoms with Crippen molar-refractivity contribution < 1.29 is 14.7 Å². The van der Waals surface area contributed by atoms with Gasteiger partial charge in [0.15, 0.2) is 0 Å².